The van der Waals surface area contributed by atoms with Crippen LogP contribution < -0.4 is 5.56 Å². The Labute approximate surface area is 134 Å². The zero-order valence-corrected chi connectivity index (χ0v) is 12.5. The van der Waals surface area contributed by atoms with Crippen LogP contribution in [0.2, 0.25) is 0 Å². The number of hydrogen-bond donors (Lipinski definition) is 0. The first kappa shape index (κ1) is 15.4. The molecule has 1 aromatic carbocycles. The number of nitrogens with zero attached hydrogens (tertiary/aromatic N) is 3. The second-order valence-corrected chi connectivity index (χ2v) is 4.90. The molecule has 2 aromatic heterocycles. The van der Waals surface area contributed by atoms with Gasteiger partial charge in [-0.25, -0.2) is 9.78 Å². The number of esters is 1. The van der Waals surface area contributed by atoms with Crippen molar-refractivity contribution in [2.45, 2.75) is 6.54 Å². The van der Waals surface area contributed by atoms with Gasteiger partial charge in [0.25, 0.3) is 11.2 Å². The molecule has 0 aliphatic carbocycles. The van der Waals surface area contributed by atoms with Crippen molar-refractivity contribution >= 4 is 22.6 Å². The Morgan fingerprint density at radius 1 is 1.42 bits per heavy atom. The maximum absolute atomic E-state index is 12.5. The van der Waals surface area contributed by atoms with E-state index in [-0.39, 0.29) is 23.4 Å². The molecule has 0 saturated heterocycles. The lowest BCUT2D eigenvalue weighted by Gasteiger charge is -2.06. The first-order valence-electron chi connectivity index (χ1n) is 6.79. The predicted octanol–water partition coefficient (Wildman–Crippen LogP) is 1.73. The predicted molar refractivity (Wildman–Crippen MR) is 81.8 cm³/mol. The van der Waals surface area contributed by atoms with E-state index in [0.717, 1.165) is 0 Å². The summed E-state index contributed by atoms with van der Waals surface area (Å²) in [5, 5.41) is 11.0. The van der Waals surface area contributed by atoms with Gasteiger partial charge in [0.05, 0.1) is 42.1 Å². The number of nitro groups is 1. The third-order valence-electron chi connectivity index (χ3n) is 3.48. The summed E-state index contributed by atoms with van der Waals surface area (Å²) in [5.74, 6) is -0.670. The lowest BCUT2D eigenvalue weighted by atomic mass is 10.2. The Morgan fingerprint density at radius 2 is 2.21 bits per heavy atom. The van der Waals surface area contributed by atoms with Crippen molar-refractivity contribution in [1.29, 1.82) is 0 Å². The Hall–Kier alpha value is -3.49. The minimum Gasteiger partial charge on any atom is -0.463 e. The van der Waals surface area contributed by atoms with Gasteiger partial charge in [0.15, 0.2) is 0 Å². The molecule has 0 unspecified atom stereocenters. The Morgan fingerprint density at radius 3 is 2.92 bits per heavy atom. The number of methoxy groups -OCH3 is 1. The molecule has 122 valence electrons. The quantitative estimate of drug-likeness (QED) is 0.406. The van der Waals surface area contributed by atoms with Gasteiger partial charge in [-0.15, -0.1) is 0 Å². The Balaban J connectivity index is 2.06. The summed E-state index contributed by atoms with van der Waals surface area (Å²) in [5.41, 5.74) is 0.135. The van der Waals surface area contributed by atoms with Gasteiger partial charge in [0, 0.05) is 17.7 Å². The van der Waals surface area contributed by atoms with Gasteiger partial charge in [-0.3, -0.25) is 19.5 Å². The van der Waals surface area contributed by atoms with E-state index in [1.165, 1.54) is 48.5 Å². The number of ether oxygens (including phenoxy) is 1. The highest BCUT2D eigenvalue weighted by molar-refractivity contribution is 5.87. The highest BCUT2D eigenvalue weighted by Crippen LogP contribution is 2.17. The summed E-state index contributed by atoms with van der Waals surface area (Å²) in [6.07, 6.45) is 2.62. The number of carbonyl (C=O) groups is 1. The maximum Gasteiger partial charge on any atom is 0.374 e. The zero-order chi connectivity index (χ0) is 17.3. The molecule has 3 aromatic rings. The molecule has 0 radical (unpaired) electrons. The van der Waals surface area contributed by atoms with Crippen LogP contribution in [0.25, 0.3) is 10.9 Å². The first-order valence-corrected chi connectivity index (χ1v) is 6.79. The van der Waals surface area contributed by atoms with E-state index in [1.807, 2.05) is 0 Å². The third kappa shape index (κ3) is 2.62. The summed E-state index contributed by atoms with van der Waals surface area (Å²) in [6.45, 7) is 0.0192. The average Bonchev–Trinajstić information content (AvgIpc) is 3.04. The molecule has 24 heavy (non-hydrogen) atoms. The van der Waals surface area contributed by atoms with Gasteiger partial charge in [0.1, 0.15) is 0 Å². The van der Waals surface area contributed by atoms with Crippen LogP contribution in [0.15, 0.2) is 46.1 Å². The SMILES string of the molecule is COC(=O)c1occc1Cn1cnc2ccc([N+](=O)[O-])cc2c1=O. The van der Waals surface area contributed by atoms with Crippen LogP contribution in [0.1, 0.15) is 16.1 Å². The van der Waals surface area contributed by atoms with Crippen molar-refractivity contribution in [2.75, 3.05) is 7.11 Å². The number of non-ortho nitro benzene ring substituents is 1. The monoisotopic (exact) mass is 329 g/mol. The van der Waals surface area contributed by atoms with E-state index in [1.54, 1.807) is 0 Å². The molecule has 3 rings (SSSR count). The number of furan rings is 1. The standard InChI is InChI=1S/C15H11N3O6/c1-23-15(20)13-9(4-5-24-13)7-17-8-16-12-3-2-10(18(21)22)6-11(12)14(17)19/h2-6,8H,7H2,1H3. The second-order valence-electron chi connectivity index (χ2n) is 4.90. The van der Waals surface area contributed by atoms with E-state index >= 15 is 0 Å². The van der Waals surface area contributed by atoms with Crippen LogP contribution >= 0.6 is 0 Å². The number of hydrogen-bond acceptors (Lipinski definition) is 7. The molecular formula is C15H11N3O6. The molecule has 0 atom stereocenters. The maximum atomic E-state index is 12.5. The molecule has 2 heterocycles. The fourth-order valence-electron chi connectivity index (χ4n) is 2.29. The topological polar surface area (TPSA) is 117 Å². The molecule has 0 fully saturated rings. The minimum absolute atomic E-state index is 0.0106. The fraction of sp³-hybridized carbons (Fsp3) is 0.133. The molecule has 0 amide bonds. The molecule has 0 spiro atoms. The molecule has 0 bridgehead atoms. The molecule has 0 saturated carbocycles. The summed E-state index contributed by atoms with van der Waals surface area (Å²) in [6, 6.07) is 5.41. The van der Waals surface area contributed by atoms with Gasteiger partial charge in [0.2, 0.25) is 5.76 Å². The number of aromatic nitrogens is 2. The van der Waals surface area contributed by atoms with Gasteiger partial charge >= 0.3 is 5.97 Å². The largest absolute Gasteiger partial charge is 0.463 e. The molecule has 0 aliphatic rings. The number of benzene rings is 1. The van der Waals surface area contributed by atoms with Crippen molar-refractivity contribution in [2.24, 2.45) is 0 Å². The van der Waals surface area contributed by atoms with E-state index in [2.05, 4.69) is 9.72 Å². The molecular weight excluding hydrogens is 318 g/mol. The molecule has 0 aliphatic heterocycles. The van der Waals surface area contributed by atoms with Crippen molar-refractivity contribution in [1.82, 2.24) is 9.55 Å². The summed E-state index contributed by atoms with van der Waals surface area (Å²) < 4.78 is 10.9. The highest BCUT2D eigenvalue weighted by Gasteiger charge is 2.17. The number of nitro benzene ring substituents is 1. The average molecular weight is 329 g/mol. The van der Waals surface area contributed by atoms with E-state index in [0.29, 0.717) is 11.1 Å². The smallest absolute Gasteiger partial charge is 0.374 e. The van der Waals surface area contributed by atoms with Crippen LogP contribution in [0, 0.1) is 10.1 Å². The van der Waals surface area contributed by atoms with Gasteiger partial charge in [-0.05, 0) is 12.1 Å². The zero-order valence-electron chi connectivity index (χ0n) is 12.5. The summed E-state index contributed by atoms with van der Waals surface area (Å²) in [7, 11) is 1.22. The van der Waals surface area contributed by atoms with Crippen molar-refractivity contribution in [3.8, 4) is 0 Å². The van der Waals surface area contributed by atoms with Crippen molar-refractivity contribution < 1.29 is 18.9 Å². The van der Waals surface area contributed by atoms with E-state index in [4.69, 9.17) is 4.42 Å². The van der Waals surface area contributed by atoms with Crippen LogP contribution in [0.3, 0.4) is 0 Å². The second kappa shape index (κ2) is 5.95. The van der Waals surface area contributed by atoms with E-state index < -0.39 is 16.5 Å². The van der Waals surface area contributed by atoms with Crippen LogP contribution in [-0.2, 0) is 11.3 Å². The lowest BCUT2D eigenvalue weighted by molar-refractivity contribution is -0.384. The summed E-state index contributed by atoms with van der Waals surface area (Å²) in [4.78, 5) is 38.5. The number of rotatable bonds is 4. The Bertz CT molecular complexity index is 1000. The molecule has 9 heteroatoms. The van der Waals surface area contributed by atoms with Crippen LogP contribution in [0.5, 0.6) is 0 Å². The van der Waals surface area contributed by atoms with Crippen LogP contribution in [0.4, 0.5) is 5.69 Å². The van der Waals surface area contributed by atoms with E-state index in [9.17, 15) is 19.7 Å². The van der Waals surface area contributed by atoms with Crippen LogP contribution in [-0.4, -0.2) is 27.6 Å². The Kier molecular flexibility index (Phi) is 3.82. The van der Waals surface area contributed by atoms with Gasteiger partial charge in [-0.2, -0.15) is 0 Å². The molecule has 9 nitrogen and oxygen atoms in total. The highest BCUT2D eigenvalue weighted by atomic mass is 16.6. The van der Waals surface area contributed by atoms with Crippen molar-refractivity contribution in [3.63, 3.8) is 0 Å². The normalized spacial score (nSPS) is 10.7. The van der Waals surface area contributed by atoms with Crippen molar-refractivity contribution in [3.05, 3.63) is 68.6 Å². The minimum atomic E-state index is -0.660. The third-order valence-corrected chi connectivity index (χ3v) is 3.48. The lowest BCUT2D eigenvalue weighted by Crippen LogP contribution is -2.22. The van der Waals surface area contributed by atoms with Gasteiger partial charge in [-0.1, -0.05) is 0 Å². The molecule has 0 N–H and O–H groups in total. The first-order chi connectivity index (χ1) is 11.5. The van der Waals surface area contributed by atoms with Gasteiger partial charge < -0.3 is 9.15 Å². The number of carbonyl (C=O) groups excluding carboxylic acids is 1. The number of fused-ring (bicyclic) bond motifs is 1. The fourth-order valence-corrected chi connectivity index (χ4v) is 2.29. The summed E-state index contributed by atoms with van der Waals surface area (Å²) >= 11 is 0.